The number of fused-ring (bicyclic) bond motifs is 1. The number of rotatable bonds is 7. The van der Waals surface area contributed by atoms with E-state index in [0.717, 1.165) is 53.3 Å². The molecule has 0 amide bonds. The van der Waals surface area contributed by atoms with Crippen LogP contribution >= 0.6 is 0 Å². The fourth-order valence-electron chi connectivity index (χ4n) is 4.43. The van der Waals surface area contributed by atoms with E-state index in [9.17, 15) is 0 Å². The Hall–Kier alpha value is -3.77. The van der Waals surface area contributed by atoms with E-state index in [4.69, 9.17) is 4.98 Å². The lowest BCUT2D eigenvalue weighted by atomic mass is 10.1. The minimum absolute atomic E-state index is 0.734. The smallest absolute Gasteiger partial charge is 0.124 e. The van der Waals surface area contributed by atoms with E-state index in [1.165, 1.54) is 16.7 Å². The van der Waals surface area contributed by atoms with Crippen molar-refractivity contribution in [1.82, 2.24) is 29.2 Å². The topological polar surface area (TPSA) is 51.8 Å². The SMILES string of the molecule is Cc1ccc(C)c(Cn2c(CN(C)Cc3ccccn3)nc3ccc(-c4cnn(C)c4)cc32)c1. The molecule has 5 rings (SSSR count). The summed E-state index contributed by atoms with van der Waals surface area (Å²) in [6.45, 7) is 6.62. The zero-order valence-electron chi connectivity index (χ0n) is 20.2. The molecule has 0 radical (unpaired) electrons. The molecule has 2 aromatic carbocycles. The lowest BCUT2D eigenvalue weighted by Crippen LogP contribution is -2.21. The summed E-state index contributed by atoms with van der Waals surface area (Å²) in [5.74, 6) is 1.05. The molecular weight excluding hydrogens is 420 g/mol. The second-order valence-corrected chi connectivity index (χ2v) is 9.14. The van der Waals surface area contributed by atoms with Gasteiger partial charge in [-0.3, -0.25) is 14.6 Å². The maximum atomic E-state index is 5.06. The first-order valence-corrected chi connectivity index (χ1v) is 11.6. The molecule has 0 aliphatic carbocycles. The van der Waals surface area contributed by atoms with Gasteiger partial charge < -0.3 is 4.57 Å². The summed E-state index contributed by atoms with van der Waals surface area (Å²) >= 11 is 0. The third-order valence-electron chi connectivity index (χ3n) is 6.27. The molecular formula is C28H30N6. The van der Waals surface area contributed by atoms with Gasteiger partial charge in [-0.1, -0.05) is 35.9 Å². The highest BCUT2D eigenvalue weighted by atomic mass is 15.2. The van der Waals surface area contributed by atoms with Gasteiger partial charge in [0.1, 0.15) is 5.82 Å². The van der Waals surface area contributed by atoms with Crippen LogP contribution in [0.25, 0.3) is 22.2 Å². The molecule has 0 unspecified atom stereocenters. The summed E-state index contributed by atoms with van der Waals surface area (Å²) in [5, 5.41) is 4.35. The Kier molecular flexibility index (Phi) is 5.99. The Balaban J connectivity index is 1.55. The second-order valence-electron chi connectivity index (χ2n) is 9.14. The van der Waals surface area contributed by atoms with Crippen molar-refractivity contribution in [2.75, 3.05) is 7.05 Å². The summed E-state index contributed by atoms with van der Waals surface area (Å²) in [6, 6.07) is 19.2. The lowest BCUT2D eigenvalue weighted by Gasteiger charge is -2.18. The van der Waals surface area contributed by atoms with Crippen LogP contribution in [0.1, 0.15) is 28.2 Å². The van der Waals surface area contributed by atoms with Gasteiger partial charge in [-0.15, -0.1) is 0 Å². The Morgan fingerprint density at radius 1 is 0.941 bits per heavy atom. The van der Waals surface area contributed by atoms with E-state index in [-0.39, 0.29) is 0 Å². The molecule has 0 saturated heterocycles. The monoisotopic (exact) mass is 450 g/mol. The number of benzene rings is 2. The van der Waals surface area contributed by atoms with Gasteiger partial charge in [-0.05, 0) is 61.9 Å². The van der Waals surface area contributed by atoms with Crippen LogP contribution in [0.4, 0.5) is 0 Å². The normalized spacial score (nSPS) is 11.6. The number of imidazole rings is 1. The minimum Gasteiger partial charge on any atom is -0.322 e. The van der Waals surface area contributed by atoms with Gasteiger partial charge in [-0.25, -0.2) is 4.98 Å². The third kappa shape index (κ3) is 4.63. The first-order valence-electron chi connectivity index (χ1n) is 11.6. The number of nitrogens with zero attached hydrogens (tertiary/aromatic N) is 6. The van der Waals surface area contributed by atoms with E-state index in [1.807, 2.05) is 42.5 Å². The molecule has 3 aromatic heterocycles. The van der Waals surface area contributed by atoms with Gasteiger partial charge in [0.25, 0.3) is 0 Å². The highest BCUT2D eigenvalue weighted by Gasteiger charge is 2.16. The Morgan fingerprint density at radius 2 is 1.82 bits per heavy atom. The minimum atomic E-state index is 0.734. The lowest BCUT2D eigenvalue weighted by molar-refractivity contribution is 0.303. The molecule has 0 aliphatic rings. The summed E-state index contributed by atoms with van der Waals surface area (Å²) in [4.78, 5) is 11.8. The Labute approximate surface area is 200 Å². The predicted octanol–water partition coefficient (Wildman–Crippen LogP) is 5.13. The molecule has 3 heterocycles. The van der Waals surface area contributed by atoms with Gasteiger partial charge in [0.15, 0.2) is 0 Å². The van der Waals surface area contributed by atoms with Crippen molar-refractivity contribution in [2.24, 2.45) is 7.05 Å². The first-order chi connectivity index (χ1) is 16.5. The summed E-state index contributed by atoms with van der Waals surface area (Å²) in [5.41, 5.74) is 9.36. The fourth-order valence-corrected chi connectivity index (χ4v) is 4.43. The number of hydrogen-bond donors (Lipinski definition) is 0. The van der Waals surface area contributed by atoms with Crippen LogP contribution in [0.3, 0.4) is 0 Å². The van der Waals surface area contributed by atoms with Crippen molar-refractivity contribution in [3.63, 3.8) is 0 Å². The first kappa shape index (κ1) is 22.0. The molecule has 0 atom stereocenters. The molecule has 34 heavy (non-hydrogen) atoms. The van der Waals surface area contributed by atoms with E-state index >= 15 is 0 Å². The highest BCUT2D eigenvalue weighted by molar-refractivity contribution is 5.82. The molecule has 0 fully saturated rings. The van der Waals surface area contributed by atoms with Gasteiger partial charge in [-0.2, -0.15) is 5.10 Å². The largest absolute Gasteiger partial charge is 0.322 e. The van der Waals surface area contributed by atoms with Crippen LogP contribution in [0, 0.1) is 13.8 Å². The average molecular weight is 451 g/mol. The van der Waals surface area contributed by atoms with Gasteiger partial charge >= 0.3 is 0 Å². The number of aryl methyl sites for hydroxylation is 3. The van der Waals surface area contributed by atoms with Crippen LogP contribution in [0.2, 0.25) is 0 Å². The van der Waals surface area contributed by atoms with Gasteiger partial charge in [0.05, 0.1) is 29.5 Å². The van der Waals surface area contributed by atoms with Crippen LogP contribution in [-0.2, 0) is 26.7 Å². The number of hydrogen-bond acceptors (Lipinski definition) is 4. The third-order valence-corrected chi connectivity index (χ3v) is 6.27. The molecule has 0 saturated carbocycles. The van der Waals surface area contributed by atoms with E-state index in [0.29, 0.717) is 0 Å². The molecule has 6 nitrogen and oxygen atoms in total. The van der Waals surface area contributed by atoms with E-state index < -0.39 is 0 Å². The Morgan fingerprint density at radius 3 is 2.59 bits per heavy atom. The van der Waals surface area contributed by atoms with Crippen molar-refractivity contribution in [3.05, 3.63) is 101 Å². The van der Waals surface area contributed by atoms with E-state index in [1.54, 1.807) is 0 Å². The summed E-state index contributed by atoms with van der Waals surface area (Å²) < 4.78 is 4.21. The zero-order chi connectivity index (χ0) is 23.7. The quantitative estimate of drug-likeness (QED) is 0.345. The molecule has 0 N–H and O–H groups in total. The van der Waals surface area contributed by atoms with Crippen molar-refractivity contribution in [1.29, 1.82) is 0 Å². The predicted molar refractivity (Wildman–Crippen MR) is 136 cm³/mol. The molecule has 172 valence electrons. The van der Waals surface area contributed by atoms with Crippen LogP contribution in [0.15, 0.2) is 73.2 Å². The average Bonchev–Trinajstić information content (AvgIpc) is 3.40. The number of aromatic nitrogens is 5. The van der Waals surface area contributed by atoms with Crippen molar-refractivity contribution >= 4 is 11.0 Å². The van der Waals surface area contributed by atoms with Gasteiger partial charge in [0.2, 0.25) is 0 Å². The highest BCUT2D eigenvalue weighted by Crippen LogP contribution is 2.27. The summed E-state index contributed by atoms with van der Waals surface area (Å²) in [7, 11) is 4.07. The maximum Gasteiger partial charge on any atom is 0.124 e. The maximum absolute atomic E-state index is 5.06. The molecule has 0 spiro atoms. The zero-order valence-corrected chi connectivity index (χ0v) is 20.2. The van der Waals surface area contributed by atoms with E-state index in [2.05, 4.69) is 82.9 Å². The van der Waals surface area contributed by atoms with Crippen LogP contribution in [-0.4, -0.2) is 36.3 Å². The molecule has 0 aliphatic heterocycles. The van der Waals surface area contributed by atoms with Crippen molar-refractivity contribution in [2.45, 2.75) is 33.5 Å². The molecule has 5 aromatic rings. The van der Waals surface area contributed by atoms with Crippen molar-refractivity contribution < 1.29 is 0 Å². The molecule has 0 bridgehead atoms. The Bertz CT molecular complexity index is 1430. The number of pyridine rings is 1. The van der Waals surface area contributed by atoms with Crippen molar-refractivity contribution in [3.8, 4) is 11.1 Å². The second kappa shape index (κ2) is 9.23. The van der Waals surface area contributed by atoms with Crippen LogP contribution in [0.5, 0.6) is 0 Å². The van der Waals surface area contributed by atoms with Crippen LogP contribution < -0.4 is 0 Å². The van der Waals surface area contributed by atoms with Gasteiger partial charge in [0, 0.05) is 38.1 Å². The standard InChI is InChI=1S/C28H30N6/c1-20-8-9-21(2)23(13-20)17-34-27-14-22(24-15-30-33(4)16-24)10-11-26(27)31-28(34)19-32(3)18-25-7-5-6-12-29-25/h5-16H,17-19H2,1-4H3. The fraction of sp³-hybridized carbons (Fsp3) is 0.250. The molecule has 6 heteroatoms. The summed E-state index contributed by atoms with van der Waals surface area (Å²) in [6.07, 6.45) is 5.81.